The first-order valence-corrected chi connectivity index (χ1v) is 7.96. The molecule has 17 heavy (non-hydrogen) atoms. The van der Waals surface area contributed by atoms with Crippen LogP contribution in [0.4, 0.5) is 0 Å². The normalized spacial score (nSPS) is 48.0. The minimum atomic E-state index is 0.222. The summed E-state index contributed by atoms with van der Waals surface area (Å²) in [5.41, 5.74) is 7.07. The topological polar surface area (TPSA) is 26.0 Å². The fourth-order valence-corrected chi connectivity index (χ4v) is 4.68. The molecule has 0 aromatic heterocycles. The molecule has 0 saturated heterocycles. The lowest BCUT2D eigenvalue weighted by Crippen LogP contribution is -2.52. The molecule has 0 aromatic carbocycles. The molecule has 0 aromatic rings. The predicted octanol–water partition coefficient (Wildman–Crippen LogP) is 4.11. The molecule has 0 aliphatic heterocycles. The highest BCUT2D eigenvalue weighted by atomic mass is 14.8. The molecular formula is C16H29N. The molecule has 4 atom stereocenters. The van der Waals surface area contributed by atoms with E-state index in [4.69, 9.17) is 5.73 Å². The van der Waals surface area contributed by atoms with Crippen molar-refractivity contribution in [3.05, 3.63) is 0 Å². The van der Waals surface area contributed by atoms with E-state index in [1.165, 1.54) is 64.2 Å². The van der Waals surface area contributed by atoms with Crippen LogP contribution in [0.15, 0.2) is 0 Å². The largest absolute Gasteiger partial charge is 0.325 e. The Morgan fingerprint density at radius 2 is 1.76 bits per heavy atom. The monoisotopic (exact) mass is 235 g/mol. The van der Waals surface area contributed by atoms with Crippen molar-refractivity contribution in [2.75, 3.05) is 0 Å². The molecule has 3 aliphatic carbocycles. The number of nitrogens with two attached hydrogens (primary N) is 1. The van der Waals surface area contributed by atoms with E-state index in [2.05, 4.69) is 6.92 Å². The van der Waals surface area contributed by atoms with Crippen LogP contribution in [0.3, 0.4) is 0 Å². The van der Waals surface area contributed by atoms with Crippen molar-refractivity contribution in [2.45, 2.75) is 76.7 Å². The Hall–Kier alpha value is -0.0400. The molecule has 1 heteroatoms. The van der Waals surface area contributed by atoms with E-state index in [1.54, 1.807) is 0 Å². The second-order valence-corrected chi connectivity index (χ2v) is 7.40. The first-order valence-electron chi connectivity index (χ1n) is 7.96. The van der Waals surface area contributed by atoms with Gasteiger partial charge >= 0.3 is 0 Å². The fourth-order valence-electron chi connectivity index (χ4n) is 4.68. The van der Waals surface area contributed by atoms with Crippen LogP contribution in [-0.2, 0) is 0 Å². The zero-order valence-electron chi connectivity index (χ0n) is 11.5. The van der Waals surface area contributed by atoms with E-state index >= 15 is 0 Å². The molecule has 0 spiro atoms. The molecule has 2 N–H and O–H groups in total. The zero-order valence-corrected chi connectivity index (χ0v) is 11.5. The van der Waals surface area contributed by atoms with Crippen molar-refractivity contribution in [2.24, 2.45) is 29.4 Å². The van der Waals surface area contributed by atoms with Gasteiger partial charge in [-0.3, -0.25) is 0 Å². The minimum Gasteiger partial charge on any atom is -0.325 e. The van der Waals surface area contributed by atoms with E-state index in [-0.39, 0.29) is 5.54 Å². The molecule has 4 unspecified atom stereocenters. The third-order valence-electron chi connectivity index (χ3n) is 5.90. The molecule has 98 valence electrons. The Balaban J connectivity index is 1.66. The summed E-state index contributed by atoms with van der Waals surface area (Å²) >= 11 is 0. The van der Waals surface area contributed by atoms with Gasteiger partial charge in [-0.2, -0.15) is 0 Å². The Morgan fingerprint density at radius 1 is 0.941 bits per heavy atom. The maximum Gasteiger partial charge on any atom is 0.0185 e. The van der Waals surface area contributed by atoms with Crippen LogP contribution in [0.25, 0.3) is 0 Å². The van der Waals surface area contributed by atoms with Gasteiger partial charge in [-0.05, 0) is 62.2 Å². The van der Waals surface area contributed by atoms with Gasteiger partial charge in [0.1, 0.15) is 0 Å². The van der Waals surface area contributed by atoms with Crippen molar-refractivity contribution in [1.82, 2.24) is 0 Å². The van der Waals surface area contributed by atoms with Gasteiger partial charge in [-0.25, -0.2) is 0 Å². The van der Waals surface area contributed by atoms with Crippen LogP contribution >= 0.6 is 0 Å². The van der Waals surface area contributed by atoms with Crippen molar-refractivity contribution in [3.63, 3.8) is 0 Å². The Labute approximate surface area is 107 Å². The molecule has 3 aliphatic rings. The third-order valence-corrected chi connectivity index (χ3v) is 5.90. The lowest BCUT2D eigenvalue weighted by Gasteiger charge is -2.46. The second-order valence-electron chi connectivity index (χ2n) is 7.40. The van der Waals surface area contributed by atoms with Gasteiger partial charge in [0.25, 0.3) is 0 Å². The van der Waals surface area contributed by atoms with Crippen LogP contribution in [0, 0.1) is 23.7 Å². The van der Waals surface area contributed by atoms with Crippen LogP contribution in [-0.4, -0.2) is 5.54 Å². The Kier molecular flexibility index (Phi) is 3.23. The average molecular weight is 235 g/mol. The van der Waals surface area contributed by atoms with Crippen molar-refractivity contribution < 1.29 is 0 Å². The molecule has 3 fully saturated rings. The fraction of sp³-hybridized carbons (Fsp3) is 1.00. The maximum absolute atomic E-state index is 6.85. The number of rotatable bonds is 2. The number of hydrogen-bond donors (Lipinski definition) is 1. The molecule has 0 amide bonds. The van der Waals surface area contributed by atoms with Crippen molar-refractivity contribution >= 4 is 0 Å². The van der Waals surface area contributed by atoms with Gasteiger partial charge < -0.3 is 5.73 Å². The van der Waals surface area contributed by atoms with E-state index < -0.39 is 0 Å². The molecule has 0 radical (unpaired) electrons. The summed E-state index contributed by atoms with van der Waals surface area (Å²) in [6.07, 6.45) is 14.3. The molecule has 1 nitrogen and oxygen atoms in total. The summed E-state index contributed by atoms with van der Waals surface area (Å²) < 4.78 is 0. The van der Waals surface area contributed by atoms with Crippen molar-refractivity contribution in [3.8, 4) is 0 Å². The summed E-state index contributed by atoms with van der Waals surface area (Å²) in [5, 5.41) is 0. The number of hydrogen-bond acceptors (Lipinski definition) is 1. The molecule has 3 rings (SSSR count). The van der Waals surface area contributed by atoms with E-state index in [0.29, 0.717) is 0 Å². The Morgan fingerprint density at radius 3 is 2.47 bits per heavy atom. The van der Waals surface area contributed by atoms with Gasteiger partial charge in [0.05, 0.1) is 0 Å². The lowest BCUT2D eigenvalue weighted by atomic mass is 9.63. The first kappa shape index (κ1) is 12.0. The van der Waals surface area contributed by atoms with Crippen LogP contribution < -0.4 is 5.73 Å². The third kappa shape index (κ3) is 2.54. The van der Waals surface area contributed by atoms with E-state index in [9.17, 15) is 0 Å². The lowest BCUT2D eigenvalue weighted by molar-refractivity contribution is 0.0980. The highest BCUT2D eigenvalue weighted by Gasteiger charge is 2.44. The van der Waals surface area contributed by atoms with Gasteiger partial charge in [0.2, 0.25) is 0 Å². The van der Waals surface area contributed by atoms with Gasteiger partial charge in [0.15, 0.2) is 0 Å². The molecule has 0 bridgehead atoms. The van der Waals surface area contributed by atoms with E-state index in [0.717, 1.165) is 23.7 Å². The summed E-state index contributed by atoms with van der Waals surface area (Å²) in [6.45, 7) is 2.43. The van der Waals surface area contributed by atoms with Gasteiger partial charge in [-0.1, -0.05) is 32.6 Å². The van der Waals surface area contributed by atoms with Gasteiger partial charge in [0, 0.05) is 5.54 Å². The SMILES string of the molecule is CC1CCCC(C2(N)CCCC(C3CC3)C2)C1. The highest BCUT2D eigenvalue weighted by molar-refractivity contribution is 5.00. The first-order chi connectivity index (χ1) is 8.17. The second kappa shape index (κ2) is 4.57. The smallest absolute Gasteiger partial charge is 0.0185 e. The molecular weight excluding hydrogens is 206 g/mol. The maximum atomic E-state index is 6.85. The zero-order chi connectivity index (χ0) is 11.9. The minimum absolute atomic E-state index is 0.222. The standard InChI is InChI=1S/C16H29N/c1-12-4-2-6-15(10-12)16(17)9-3-5-14(11-16)13-7-8-13/h12-15H,2-11,17H2,1H3. The van der Waals surface area contributed by atoms with E-state index in [1.807, 2.05) is 0 Å². The van der Waals surface area contributed by atoms with Gasteiger partial charge in [-0.15, -0.1) is 0 Å². The summed E-state index contributed by atoms with van der Waals surface area (Å²) in [4.78, 5) is 0. The van der Waals surface area contributed by atoms with Crippen molar-refractivity contribution in [1.29, 1.82) is 0 Å². The van der Waals surface area contributed by atoms with Crippen LogP contribution in [0.2, 0.25) is 0 Å². The van der Waals surface area contributed by atoms with Crippen LogP contribution in [0.5, 0.6) is 0 Å². The summed E-state index contributed by atoms with van der Waals surface area (Å²) in [5.74, 6) is 3.83. The summed E-state index contributed by atoms with van der Waals surface area (Å²) in [6, 6.07) is 0. The predicted molar refractivity (Wildman–Crippen MR) is 72.7 cm³/mol. The molecule has 0 heterocycles. The van der Waals surface area contributed by atoms with Crippen LogP contribution in [0.1, 0.15) is 71.1 Å². The highest BCUT2D eigenvalue weighted by Crippen LogP contribution is 2.49. The quantitative estimate of drug-likeness (QED) is 0.766. The molecule has 3 saturated carbocycles. The average Bonchev–Trinajstić information content (AvgIpc) is 3.13. The summed E-state index contributed by atoms with van der Waals surface area (Å²) in [7, 11) is 0. The Bertz CT molecular complexity index is 271.